The number of furan rings is 1. The minimum absolute atomic E-state index is 0.0684. The molecule has 0 radical (unpaired) electrons. The van der Waals surface area contributed by atoms with Crippen molar-refractivity contribution in [2.24, 2.45) is 0 Å². The lowest BCUT2D eigenvalue weighted by Crippen LogP contribution is -2.00. The quantitative estimate of drug-likeness (QED) is 0.179. The second-order valence-corrected chi connectivity index (χ2v) is 12.3. The number of hydrogen-bond donors (Lipinski definition) is 0. The molecule has 0 fully saturated rings. The Morgan fingerprint density at radius 2 is 1.11 bits per heavy atom. The highest BCUT2D eigenvalue weighted by atomic mass is 35.5. The first-order valence-corrected chi connectivity index (χ1v) is 15.8. The molecule has 0 aliphatic carbocycles. The molecule has 0 bridgehead atoms. The molecule has 46 heavy (non-hydrogen) atoms. The fourth-order valence-corrected chi connectivity index (χ4v) is 7.35. The second kappa shape index (κ2) is 10.5. The Bertz CT molecular complexity index is 2690. The fourth-order valence-electron chi connectivity index (χ4n) is 6.96. The van der Waals surface area contributed by atoms with Crippen molar-refractivity contribution < 1.29 is 13.5 Å². The molecule has 0 amide bonds. The number of para-hydroxylation sites is 1. The van der Waals surface area contributed by atoms with Gasteiger partial charge in [0, 0.05) is 32.7 Å². The Hall–Kier alpha value is -5.09. The molecule has 0 spiro atoms. The van der Waals surface area contributed by atoms with Gasteiger partial charge in [-0.15, -0.1) is 0 Å². The van der Waals surface area contributed by atoms with E-state index < -0.39 is 5.82 Å². The zero-order valence-corrected chi connectivity index (χ0v) is 25.8. The van der Waals surface area contributed by atoms with Gasteiger partial charge in [0.2, 0.25) is 0 Å². The fraction of sp³-hybridized carbons (Fsp3) is 0.0244. The van der Waals surface area contributed by atoms with Gasteiger partial charge < -0.3 is 9.15 Å². The first-order valence-electron chi connectivity index (χ1n) is 15.0. The van der Waals surface area contributed by atoms with Crippen LogP contribution in [0.15, 0.2) is 132 Å². The van der Waals surface area contributed by atoms with E-state index in [2.05, 4.69) is 48.5 Å². The SMILES string of the molecule is Fc1c(Cl)cccc1-c1c(OCc2ccc3c4ccccc4c4oc5c(Cl)cccc5c4c3c2)c2ccccc2c2ccccc12. The highest BCUT2D eigenvalue weighted by Gasteiger charge is 2.22. The third-order valence-corrected chi connectivity index (χ3v) is 9.56. The number of benzene rings is 8. The summed E-state index contributed by atoms with van der Waals surface area (Å²) in [7, 11) is 0. The summed E-state index contributed by atoms with van der Waals surface area (Å²) >= 11 is 12.9. The Morgan fingerprint density at radius 1 is 0.522 bits per heavy atom. The van der Waals surface area contributed by atoms with E-state index >= 15 is 4.39 Å². The van der Waals surface area contributed by atoms with Gasteiger partial charge in [0.1, 0.15) is 23.8 Å². The number of fused-ring (bicyclic) bond motifs is 11. The van der Waals surface area contributed by atoms with Crippen LogP contribution in [0.3, 0.4) is 0 Å². The summed E-state index contributed by atoms with van der Waals surface area (Å²) in [6.45, 7) is 0.262. The van der Waals surface area contributed by atoms with E-state index in [-0.39, 0.29) is 11.6 Å². The highest BCUT2D eigenvalue weighted by molar-refractivity contribution is 6.38. The van der Waals surface area contributed by atoms with Crippen LogP contribution in [0.4, 0.5) is 4.39 Å². The second-order valence-electron chi connectivity index (χ2n) is 11.5. The summed E-state index contributed by atoms with van der Waals surface area (Å²) in [5, 5.41) is 10.8. The van der Waals surface area contributed by atoms with E-state index in [0.29, 0.717) is 27.5 Å². The van der Waals surface area contributed by atoms with Crippen molar-refractivity contribution in [3.05, 3.63) is 149 Å². The largest absolute Gasteiger partial charge is 0.488 e. The molecule has 2 nitrogen and oxygen atoms in total. The zero-order chi connectivity index (χ0) is 30.9. The van der Waals surface area contributed by atoms with Crippen molar-refractivity contribution in [3.63, 3.8) is 0 Å². The highest BCUT2D eigenvalue weighted by Crippen LogP contribution is 2.47. The lowest BCUT2D eigenvalue weighted by molar-refractivity contribution is 0.311. The van der Waals surface area contributed by atoms with Gasteiger partial charge in [-0.2, -0.15) is 0 Å². The predicted molar refractivity (Wildman–Crippen MR) is 190 cm³/mol. The minimum atomic E-state index is -0.472. The van der Waals surface area contributed by atoms with Crippen LogP contribution in [0.25, 0.3) is 76.2 Å². The van der Waals surface area contributed by atoms with Crippen molar-refractivity contribution in [1.82, 2.24) is 0 Å². The van der Waals surface area contributed by atoms with Crippen molar-refractivity contribution >= 4 is 88.2 Å². The molecule has 1 aromatic heterocycles. The van der Waals surface area contributed by atoms with Gasteiger partial charge >= 0.3 is 0 Å². The minimum Gasteiger partial charge on any atom is -0.488 e. The van der Waals surface area contributed by atoms with E-state index in [9.17, 15) is 0 Å². The van der Waals surface area contributed by atoms with Gasteiger partial charge in [-0.1, -0.05) is 132 Å². The van der Waals surface area contributed by atoms with Crippen LogP contribution in [0.2, 0.25) is 10.0 Å². The maximum atomic E-state index is 15.7. The maximum Gasteiger partial charge on any atom is 0.154 e. The van der Waals surface area contributed by atoms with Crippen LogP contribution in [-0.4, -0.2) is 0 Å². The third kappa shape index (κ3) is 4.02. The van der Waals surface area contributed by atoms with Gasteiger partial charge in [0.05, 0.1) is 10.0 Å². The van der Waals surface area contributed by atoms with Crippen LogP contribution in [0.5, 0.6) is 5.75 Å². The summed E-state index contributed by atoms with van der Waals surface area (Å²) in [4.78, 5) is 0. The van der Waals surface area contributed by atoms with Gasteiger partial charge in [-0.25, -0.2) is 4.39 Å². The molecule has 0 saturated heterocycles. The monoisotopic (exact) mass is 636 g/mol. The summed E-state index contributed by atoms with van der Waals surface area (Å²) in [6.07, 6.45) is 0. The van der Waals surface area contributed by atoms with Crippen LogP contribution in [-0.2, 0) is 6.61 Å². The summed E-state index contributed by atoms with van der Waals surface area (Å²) in [6, 6.07) is 41.8. The van der Waals surface area contributed by atoms with Crippen molar-refractivity contribution in [2.75, 3.05) is 0 Å². The van der Waals surface area contributed by atoms with Crippen LogP contribution in [0, 0.1) is 5.82 Å². The van der Waals surface area contributed by atoms with Crippen molar-refractivity contribution in [3.8, 4) is 16.9 Å². The Balaban J connectivity index is 1.27. The summed E-state index contributed by atoms with van der Waals surface area (Å²) in [5.74, 6) is 0.139. The topological polar surface area (TPSA) is 22.4 Å². The van der Waals surface area contributed by atoms with Gasteiger partial charge in [0.15, 0.2) is 5.58 Å². The molecular formula is C41H23Cl2FO2. The lowest BCUT2D eigenvalue weighted by Gasteiger charge is -2.19. The molecule has 0 N–H and O–H groups in total. The predicted octanol–water partition coefficient (Wildman–Crippen LogP) is 12.9. The Labute approximate surface area is 273 Å². The average Bonchev–Trinajstić information content (AvgIpc) is 3.50. The van der Waals surface area contributed by atoms with Gasteiger partial charge in [-0.3, -0.25) is 0 Å². The molecule has 220 valence electrons. The first kappa shape index (κ1) is 27.2. The van der Waals surface area contributed by atoms with Gasteiger partial charge in [0.25, 0.3) is 0 Å². The van der Waals surface area contributed by atoms with Crippen molar-refractivity contribution in [2.45, 2.75) is 6.61 Å². The first-order chi connectivity index (χ1) is 22.6. The smallest absolute Gasteiger partial charge is 0.154 e. The Kier molecular flexibility index (Phi) is 6.21. The molecule has 0 aliphatic rings. The normalized spacial score (nSPS) is 11.9. The molecule has 8 aromatic carbocycles. The van der Waals surface area contributed by atoms with E-state index in [1.54, 1.807) is 18.2 Å². The molecule has 9 aromatic rings. The zero-order valence-electron chi connectivity index (χ0n) is 24.3. The van der Waals surface area contributed by atoms with Crippen LogP contribution < -0.4 is 4.74 Å². The molecule has 1 heterocycles. The molecule has 0 saturated carbocycles. The van der Waals surface area contributed by atoms with Crippen LogP contribution in [0.1, 0.15) is 5.56 Å². The molecule has 0 unspecified atom stereocenters. The standard InChI is InChI=1S/C41H23Cl2FO2/c42-34-17-7-15-31(38(34)44)36-28-12-4-1-9-24(28)25-10-2-5-13-29(25)40(36)45-22-23-19-20-27-26-11-3-6-14-30(26)41-37(33(27)21-23)32-16-8-18-35(43)39(32)46-41/h1-21H,22H2. The number of hydrogen-bond acceptors (Lipinski definition) is 2. The number of rotatable bonds is 4. The summed E-state index contributed by atoms with van der Waals surface area (Å²) < 4.78 is 28.9. The molecule has 5 heteroatoms. The van der Waals surface area contributed by atoms with E-state index in [4.69, 9.17) is 32.4 Å². The maximum absolute atomic E-state index is 15.7. The third-order valence-electron chi connectivity index (χ3n) is 8.97. The van der Waals surface area contributed by atoms with Crippen LogP contribution >= 0.6 is 23.2 Å². The van der Waals surface area contributed by atoms with E-state index in [0.717, 1.165) is 65.0 Å². The number of ether oxygens (including phenoxy) is 1. The molecule has 9 rings (SSSR count). The van der Waals surface area contributed by atoms with E-state index in [1.807, 2.05) is 60.7 Å². The average molecular weight is 638 g/mol. The van der Waals surface area contributed by atoms with E-state index in [1.165, 1.54) is 0 Å². The molecular weight excluding hydrogens is 614 g/mol. The Morgan fingerprint density at radius 3 is 1.89 bits per heavy atom. The van der Waals surface area contributed by atoms with Gasteiger partial charge in [-0.05, 0) is 56.1 Å². The lowest BCUT2D eigenvalue weighted by atomic mass is 9.91. The van der Waals surface area contributed by atoms with Crippen molar-refractivity contribution in [1.29, 1.82) is 0 Å². The molecule has 0 atom stereocenters. The molecule has 0 aliphatic heterocycles. The summed E-state index contributed by atoms with van der Waals surface area (Å²) in [5.41, 5.74) is 3.53. The number of halogens is 3.